The van der Waals surface area contributed by atoms with Gasteiger partial charge in [-0.3, -0.25) is 0 Å². The van der Waals surface area contributed by atoms with Crippen LogP contribution in [0.3, 0.4) is 0 Å². The van der Waals surface area contributed by atoms with Crippen LogP contribution in [0.5, 0.6) is 0 Å². The van der Waals surface area contributed by atoms with Gasteiger partial charge in [-0.2, -0.15) is 4.68 Å². The normalized spacial score (nSPS) is 17.5. The van der Waals surface area contributed by atoms with Crippen molar-refractivity contribution < 1.29 is 4.79 Å². The maximum absolute atomic E-state index is 13.5. The molecule has 0 aliphatic carbocycles. The Morgan fingerprint density at radius 2 is 1.97 bits per heavy atom. The van der Waals surface area contributed by atoms with Crippen molar-refractivity contribution in [3.63, 3.8) is 0 Å². The lowest BCUT2D eigenvalue weighted by Gasteiger charge is -2.21. The van der Waals surface area contributed by atoms with Crippen molar-refractivity contribution in [3.05, 3.63) is 59.9 Å². The first kappa shape index (κ1) is 17.5. The lowest BCUT2D eigenvalue weighted by Crippen LogP contribution is -2.34. The molecule has 3 heterocycles. The summed E-state index contributed by atoms with van der Waals surface area (Å²) in [5.74, 6) is 1.24. The minimum atomic E-state index is -0.433. The zero-order chi connectivity index (χ0) is 20.0. The molecule has 3 aromatic rings. The number of unbranched alkanes of at least 4 members (excludes halogenated alkanes) is 1. The highest BCUT2D eigenvalue weighted by Crippen LogP contribution is 2.40. The molecular formula is C21H21N7O. The predicted molar refractivity (Wildman–Crippen MR) is 110 cm³/mol. The number of aliphatic imine (C=N–C) groups is 1. The minimum Gasteiger partial charge on any atom is -0.306 e. The van der Waals surface area contributed by atoms with Gasteiger partial charge in [-0.15, -0.1) is 5.10 Å². The van der Waals surface area contributed by atoms with E-state index in [1.807, 2.05) is 60.4 Å². The number of urea groups is 1. The summed E-state index contributed by atoms with van der Waals surface area (Å²) in [4.78, 5) is 22.0. The van der Waals surface area contributed by atoms with E-state index in [1.54, 1.807) is 9.58 Å². The van der Waals surface area contributed by atoms with Crippen LogP contribution in [-0.4, -0.2) is 43.5 Å². The van der Waals surface area contributed by atoms with Gasteiger partial charge in [0, 0.05) is 6.54 Å². The van der Waals surface area contributed by atoms with Gasteiger partial charge < -0.3 is 4.90 Å². The highest BCUT2D eigenvalue weighted by Gasteiger charge is 2.48. The van der Waals surface area contributed by atoms with Crippen LogP contribution in [0.2, 0.25) is 0 Å². The summed E-state index contributed by atoms with van der Waals surface area (Å²) in [6.07, 6.45) is 1.88. The molecule has 0 saturated carbocycles. The summed E-state index contributed by atoms with van der Waals surface area (Å²) in [6.45, 7) is 4.74. The number of hydrogen-bond acceptors (Lipinski definition) is 5. The van der Waals surface area contributed by atoms with Gasteiger partial charge in [-0.1, -0.05) is 37.6 Å². The van der Waals surface area contributed by atoms with E-state index >= 15 is 0 Å². The van der Waals surface area contributed by atoms with Crippen LogP contribution in [0.25, 0.3) is 5.69 Å². The third-order valence-electron chi connectivity index (χ3n) is 5.32. The molecule has 0 radical (unpaired) electrons. The Labute approximate surface area is 168 Å². The Bertz CT molecular complexity index is 1120. The molecule has 146 valence electrons. The number of aromatic nitrogens is 4. The Balaban J connectivity index is 1.74. The SMILES string of the molecule is CCCCN1C(=O)N(c2cccc(C)c2)C2=Nc3ccccc3-n3nnnc3C21. The van der Waals surface area contributed by atoms with Gasteiger partial charge in [-0.05, 0) is 53.6 Å². The van der Waals surface area contributed by atoms with Gasteiger partial charge in [-0.25, -0.2) is 14.7 Å². The molecule has 1 atom stereocenters. The second-order valence-corrected chi connectivity index (χ2v) is 7.31. The third-order valence-corrected chi connectivity index (χ3v) is 5.32. The summed E-state index contributed by atoms with van der Waals surface area (Å²) >= 11 is 0. The number of hydrogen-bond donors (Lipinski definition) is 0. The van der Waals surface area contributed by atoms with Crippen LogP contribution in [0, 0.1) is 6.92 Å². The second kappa shape index (κ2) is 6.80. The first-order valence-electron chi connectivity index (χ1n) is 9.82. The van der Waals surface area contributed by atoms with E-state index in [2.05, 4.69) is 22.4 Å². The molecular weight excluding hydrogens is 366 g/mol. The van der Waals surface area contributed by atoms with E-state index in [4.69, 9.17) is 4.99 Å². The van der Waals surface area contributed by atoms with Crippen LogP contribution in [0.4, 0.5) is 16.2 Å². The fourth-order valence-electron chi connectivity index (χ4n) is 3.92. The summed E-state index contributed by atoms with van der Waals surface area (Å²) in [6, 6.07) is 15.1. The molecule has 8 heteroatoms. The average molecular weight is 387 g/mol. The van der Waals surface area contributed by atoms with Crippen LogP contribution >= 0.6 is 0 Å². The van der Waals surface area contributed by atoms with Crippen molar-refractivity contribution in [2.45, 2.75) is 32.7 Å². The lowest BCUT2D eigenvalue weighted by molar-refractivity contribution is 0.206. The standard InChI is InChI=1S/C21H21N7O/c1-3-4-12-26-18-19(27(21(26)29)15-9-7-8-14(2)13-15)22-16-10-5-6-11-17(16)28-20(18)23-24-25-28/h5-11,13,18H,3-4,12H2,1-2H3. The maximum atomic E-state index is 13.5. The summed E-state index contributed by atoms with van der Waals surface area (Å²) in [5, 5.41) is 12.4. The van der Waals surface area contributed by atoms with E-state index in [0.29, 0.717) is 18.2 Å². The Hall–Kier alpha value is -3.55. The monoisotopic (exact) mass is 387 g/mol. The number of tetrazole rings is 1. The van der Waals surface area contributed by atoms with Crippen LogP contribution in [-0.2, 0) is 0 Å². The number of amidine groups is 1. The minimum absolute atomic E-state index is 0.0956. The Kier molecular flexibility index (Phi) is 4.12. The Morgan fingerprint density at radius 1 is 1.10 bits per heavy atom. The number of aryl methyl sites for hydroxylation is 1. The van der Waals surface area contributed by atoms with Crippen LogP contribution in [0.1, 0.15) is 37.2 Å². The van der Waals surface area contributed by atoms with Crippen molar-refractivity contribution in [2.75, 3.05) is 11.4 Å². The number of anilines is 1. The number of para-hydroxylation sites is 2. The molecule has 0 bridgehead atoms. The van der Waals surface area contributed by atoms with E-state index in [9.17, 15) is 4.79 Å². The van der Waals surface area contributed by atoms with Crippen LogP contribution < -0.4 is 4.90 Å². The summed E-state index contributed by atoms with van der Waals surface area (Å²) < 4.78 is 1.70. The first-order valence-corrected chi connectivity index (χ1v) is 9.82. The molecule has 2 aliphatic heterocycles. The Morgan fingerprint density at radius 3 is 2.79 bits per heavy atom. The largest absolute Gasteiger partial charge is 0.331 e. The zero-order valence-corrected chi connectivity index (χ0v) is 16.4. The fourth-order valence-corrected chi connectivity index (χ4v) is 3.92. The molecule has 0 N–H and O–H groups in total. The molecule has 0 spiro atoms. The zero-order valence-electron chi connectivity index (χ0n) is 16.4. The molecule has 2 amide bonds. The average Bonchev–Trinajstić information content (AvgIpc) is 3.26. The highest BCUT2D eigenvalue weighted by atomic mass is 16.2. The molecule has 1 saturated heterocycles. The molecule has 8 nitrogen and oxygen atoms in total. The molecule has 1 fully saturated rings. The number of fused-ring (bicyclic) bond motifs is 5. The maximum Gasteiger partial charge on any atom is 0.331 e. The van der Waals surface area contributed by atoms with Crippen molar-refractivity contribution in [1.82, 2.24) is 25.1 Å². The fraction of sp³-hybridized carbons (Fsp3) is 0.286. The number of carbonyl (C=O) groups excluding carboxylic acids is 1. The van der Waals surface area contributed by atoms with Gasteiger partial charge in [0.25, 0.3) is 0 Å². The number of benzene rings is 2. The van der Waals surface area contributed by atoms with Gasteiger partial charge in [0.2, 0.25) is 0 Å². The van der Waals surface area contributed by atoms with E-state index in [1.165, 1.54) is 0 Å². The number of rotatable bonds is 4. The number of carbonyl (C=O) groups is 1. The molecule has 2 aliphatic rings. The number of nitrogens with zero attached hydrogens (tertiary/aromatic N) is 7. The quantitative estimate of drug-likeness (QED) is 0.682. The third kappa shape index (κ3) is 2.71. The summed E-state index contributed by atoms with van der Waals surface area (Å²) in [7, 11) is 0. The predicted octanol–water partition coefficient (Wildman–Crippen LogP) is 3.80. The van der Waals surface area contributed by atoms with Crippen molar-refractivity contribution in [1.29, 1.82) is 0 Å². The van der Waals surface area contributed by atoms with Gasteiger partial charge in [0.1, 0.15) is 5.84 Å². The van der Waals surface area contributed by atoms with Crippen LogP contribution in [0.15, 0.2) is 53.5 Å². The van der Waals surface area contributed by atoms with E-state index in [0.717, 1.165) is 35.5 Å². The molecule has 1 unspecified atom stereocenters. The molecule has 2 aromatic carbocycles. The molecule has 1 aromatic heterocycles. The first-order chi connectivity index (χ1) is 14.2. The lowest BCUT2D eigenvalue weighted by atomic mass is 10.2. The van der Waals surface area contributed by atoms with E-state index in [-0.39, 0.29) is 6.03 Å². The smallest absolute Gasteiger partial charge is 0.306 e. The highest BCUT2D eigenvalue weighted by molar-refractivity contribution is 6.24. The number of amides is 2. The second-order valence-electron chi connectivity index (χ2n) is 7.31. The van der Waals surface area contributed by atoms with Gasteiger partial charge >= 0.3 is 6.03 Å². The van der Waals surface area contributed by atoms with Crippen molar-refractivity contribution in [2.24, 2.45) is 4.99 Å². The topological polar surface area (TPSA) is 79.5 Å². The van der Waals surface area contributed by atoms with Crippen molar-refractivity contribution in [3.8, 4) is 5.69 Å². The van der Waals surface area contributed by atoms with Gasteiger partial charge in [0.05, 0.1) is 17.1 Å². The molecule has 29 heavy (non-hydrogen) atoms. The molecule has 5 rings (SSSR count). The van der Waals surface area contributed by atoms with E-state index < -0.39 is 6.04 Å². The van der Waals surface area contributed by atoms with Crippen molar-refractivity contribution >= 4 is 23.2 Å². The van der Waals surface area contributed by atoms with Gasteiger partial charge in [0.15, 0.2) is 11.9 Å². The summed E-state index contributed by atoms with van der Waals surface area (Å²) in [5.41, 5.74) is 3.43.